The van der Waals surface area contributed by atoms with E-state index in [4.69, 9.17) is 5.73 Å². The Morgan fingerprint density at radius 1 is 1.53 bits per heavy atom. The Morgan fingerprint density at radius 3 is 3.00 bits per heavy atom. The van der Waals surface area contributed by atoms with E-state index in [9.17, 15) is 9.59 Å². The molecule has 1 amide bonds. The number of rotatable bonds is 3. The van der Waals surface area contributed by atoms with Gasteiger partial charge < -0.3 is 5.73 Å². The lowest BCUT2D eigenvalue weighted by Gasteiger charge is -2.07. The molecule has 19 heavy (non-hydrogen) atoms. The Balaban J connectivity index is 2.42. The van der Waals surface area contributed by atoms with Crippen molar-refractivity contribution in [3.63, 3.8) is 0 Å². The summed E-state index contributed by atoms with van der Waals surface area (Å²) in [4.78, 5) is 24.3. The number of nitrogens with two attached hydrogens (primary N) is 1. The molecule has 0 saturated carbocycles. The molecule has 0 bridgehead atoms. The molecule has 98 valence electrons. The Bertz CT molecular complexity index is 843. The molecule has 0 fully saturated rings. The van der Waals surface area contributed by atoms with Gasteiger partial charge in [0, 0.05) is 11.8 Å². The van der Waals surface area contributed by atoms with Crippen LogP contribution in [-0.4, -0.2) is 20.1 Å². The molecule has 3 heterocycles. The van der Waals surface area contributed by atoms with Gasteiger partial charge in [-0.25, -0.2) is 4.68 Å². The summed E-state index contributed by atoms with van der Waals surface area (Å²) in [5, 5.41) is 7.22. The average Bonchev–Trinajstić information content (AvgIpc) is 2.92. The van der Waals surface area contributed by atoms with Gasteiger partial charge >= 0.3 is 0 Å². The zero-order valence-corrected chi connectivity index (χ0v) is 11.1. The zero-order chi connectivity index (χ0) is 13.6. The second-order valence-electron chi connectivity index (χ2n) is 4.24. The largest absolute Gasteiger partial charge is 0.368 e. The van der Waals surface area contributed by atoms with Crippen LogP contribution in [0, 0.1) is 0 Å². The van der Waals surface area contributed by atoms with Crippen molar-refractivity contribution < 1.29 is 4.79 Å². The van der Waals surface area contributed by atoms with Gasteiger partial charge in [0.25, 0.3) is 5.56 Å². The standard InChI is InChI=1S/C12H12N4O2S/c1-2-10-14-15(6-9(13)17)11(18)8-5-7-3-4-19-12(7)16(8)10/h3-5H,2,6H2,1H3,(H2,13,17). The van der Waals surface area contributed by atoms with E-state index in [0.717, 1.165) is 20.7 Å². The average molecular weight is 276 g/mol. The predicted molar refractivity (Wildman–Crippen MR) is 73.4 cm³/mol. The number of aryl methyl sites for hydroxylation is 1. The minimum absolute atomic E-state index is 0.193. The number of primary amides is 1. The molecule has 0 spiro atoms. The Hall–Kier alpha value is -2.15. The molecular formula is C12H12N4O2S. The second-order valence-corrected chi connectivity index (χ2v) is 5.14. The second kappa shape index (κ2) is 4.20. The normalized spacial score (nSPS) is 11.4. The fourth-order valence-electron chi connectivity index (χ4n) is 2.18. The lowest BCUT2D eigenvalue weighted by atomic mass is 10.4. The molecule has 3 rings (SSSR count). The van der Waals surface area contributed by atoms with Crippen LogP contribution in [0.1, 0.15) is 12.7 Å². The fraction of sp³-hybridized carbons (Fsp3) is 0.250. The van der Waals surface area contributed by atoms with Gasteiger partial charge in [0.1, 0.15) is 22.7 Å². The van der Waals surface area contributed by atoms with Crippen molar-refractivity contribution >= 4 is 33.0 Å². The van der Waals surface area contributed by atoms with Gasteiger partial charge in [0.15, 0.2) is 0 Å². The summed E-state index contributed by atoms with van der Waals surface area (Å²) in [6.45, 7) is 1.77. The number of carbonyl (C=O) groups is 1. The molecule has 0 saturated heterocycles. The molecule has 2 N–H and O–H groups in total. The van der Waals surface area contributed by atoms with Crippen LogP contribution in [0.4, 0.5) is 0 Å². The summed E-state index contributed by atoms with van der Waals surface area (Å²) in [6.07, 6.45) is 0.664. The Labute approximate surface area is 112 Å². The molecule has 0 atom stereocenters. The number of hydrogen-bond donors (Lipinski definition) is 1. The van der Waals surface area contributed by atoms with E-state index >= 15 is 0 Å². The highest BCUT2D eigenvalue weighted by Crippen LogP contribution is 2.24. The summed E-state index contributed by atoms with van der Waals surface area (Å²) < 4.78 is 3.00. The highest BCUT2D eigenvalue weighted by Gasteiger charge is 2.14. The van der Waals surface area contributed by atoms with Crippen LogP contribution in [0.2, 0.25) is 0 Å². The topological polar surface area (TPSA) is 82.4 Å². The number of thiophene rings is 1. The van der Waals surface area contributed by atoms with Crippen LogP contribution >= 0.6 is 11.3 Å². The minimum atomic E-state index is -0.575. The third kappa shape index (κ3) is 1.74. The molecule has 6 nitrogen and oxygen atoms in total. The first-order chi connectivity index (χ1) is 9.11. The highest BCUT2D eigenvalue weighted by molar-refractivity contribution is 7.16. The van der Waals surface area contributed by atoms with Crippen molar-refractivity contribution in [2.24, 2.45) is 5.73 Å². The van der Waals surface area contributed by atoms with E-state index < -0.39 is 5.91 Å². The first kappa shape index (κ1) is 11.9. The maximum Gasteiger partial charge on any atom is 0.291 e. The Morgan fingerprint density at radius 2 is 2.32 bits per heavy atom. The molecule has 0 radical (unpaired) electrons. The van der Waals surface area contributed by atoms with Gasteiger partial charge in [-0.1, -0.05) is 6.92 Å². The van der Waals surface area contributed by atoms with Gasteiger partial charge in [0.05, 0.1) is 0 Å². The van der Waals surface area contributed by atoms with Crippen molar-refractivity contribution in [3.05, 3.63) is 33.7 Å². The zero-order valence-electron chi connectivity index (χ0n) is 10.3. The lowest BCUT2D eigenvalue weighted by molar-refractivity contribution is -0.118. The van der Waals surface area contributed by atoms with Crippen LogP contribution in [-0.2, 0) is 17.8 Å². The van der Waals surface area contributed by atoms with Crippen LogP contribution < -0.4 is 11.3 Å². The molecule has 7 heteroatoms. The number of carbonyl (C=O) groups excluding carboxylic acids is 1. The van der Waals surface area contributed by atoms with E-state index in [2.05, 4.69) is 5.10 Å². The molecule has 0 aliphatic rings. The van der Waals surface area contributed by atoms with Crippen molar-refractivity contribution in [1.82, 2.24) is 14.2 Å². The summed E-state index contributed by atoms with van der Waals surface area (Å²) in [6, 6.07) is 3.79. The van der Waals surface area contributed by atoms with E-state index in [0.29, 0.717) is 11.9 Å². The fourth-order valence-corrected chi connectivity index (χ4v) is 3.10. The SMILES string of the molecule is CCc1nn(CC(N)=O)c(=O)c2cc3ccsc3n12. The first-order valence-corrected chi connectivity index (χ1v) is 6.76. The molecule has 0 aromatic carbocycles. The van der Waals surface area contributed by atoms with Crippen molar-refractivity contribution in [2.45, 2.75) is 19.9 Å². The van der Waals surface area contributed by atoms with Gasteiger partial charge in [-0.15, -0.1) is 11.3 Å². The van der Waals surface area contributed by atoms with Crippen LogP contribution in [0.15, 0.2) is 22.3 Å². The number of aromatic nitrogens is 3. The first-order valence-electron chi connectivity index (χ1n) is 5.88. The summed E-state index contributed by atoms with van der Waals surface area (Å²) in [5.41, 5.74) is 5.39. The molecular weight excluding hydrogens is 264 g/mol. The molecule has 3 aromatic heterocycles. The van der Waals surface area contributed by atoms with Gasteiger partial charge in [-0.05, 0) is 17.5 Å². The molecule has 0 aliphatic heterocycles. The summed E-state index contributed by atoms with van der Waals surface area (Å²) in [5.74, 6) is 0.169. The highest BCUT2D eigenvalue weighted by atomic mass is 32.1. The van der Waals surface area contributed by atoms with Crippen molar-refractivity contribution in [1.29, 1.82) is 0 Å². The predicted octanol–water partition coefficient (Wildman–Crippen LogP) is 0.758. The molecule has 3 aromatic rings. The smallest absolute Gasteiger partial charge is 0.291 e. The number of nitrogens with zero attached hydrogens (tertiary/aromatic N) is 3. The van der Waals surface area contributed by atoms with Gasteiger partial charge in [0.2, 0.25) is 5.91 Å². The maximum atomic E-state index is 12.3. The third-order valence-electron chi connectivity index (χ3n) is 2.98. The van der Waals surface area contributed by atoms with Crippen molar-refractivity contribution in [2.75, 3.05) is 0 Å². The van der Waals surface area contributed by atoms with E-state index in [1.54, 1.807) is 11.3 Å². The van der Waals surface area contributed by atoms with Crippen LogP contribution in [0.5, 0.6) is 0 Å². The quantitative estimate of drug-likeness (QED) is 0.766. The van der Waals surface area contributed by atoms with E-state index in [1.807, 2.05) is 28.8 Å². The van der Waals surface area contributed by atoms with Crippen LogP contribution in [0.25, 0.3) is 15.7 Å². The molecule has 0 aliphatic carbocycles. The third-order valence-corrected chi connectivity index (χ3v) is 3.89. The number of hydrogen-bond acceptors (Lipinski definition) is 4. The summed E-state index contributed by atoms with van der Waals surface area (Å²) >= 11 is 1.56. The van der Waals surface area contributed by atoms with Crippen LogP contribution in [0.3, 0.4) is 0 Å². The van der Waals surface area contributed by atoms with Crippen molar-refractivity contribution in [3.8, 4) is 0 Å². The van der Waals surface area contributed by atoms with E-state index in [1.165, 1.54) is 0 Å². The van der Waals surface area contributed by atoms with Gasteiger partial charge in [-0.3, -0.25) is 14.0 Å². The number of amides is 1. The monoisotopic (exact) mass is 276 g/mol. The lowest BCUT2D eigenvalue weighted by Crippen LogP contribution is -2.32. The van der Waals surface area contributed by atoms with Gasteiger partial charge in [-0.2, -0.15) is 5.10 Å². The number of fused-ring (bicyclic) bond motifs is 3. The minimum Gasteiger partial charge on any atom is -0.368 e. The molecule has 0 unspecified atom stereocenters. The Kier molecular flexibility index (Phi) is 2.63. The van der Waals surface area contributed by atoms with E-state index in [-0.39, 0.29) is 12.1 Å². The maximum absolute atomic E-state index is 12.3. The summed E-state index contributed by atoms with van der Waals surface area (Å²) in [7, 11) is 0.